The Hall–Kier alpha value is -3.33. The number of carbonyl (C=O) groups is 4. The number of carboxylic acid groups (broad SMARTS) is 1. The van der Waals surface area contributed by atoms with E-state index in [-0.39, 0.29) is 10.5 Å². The molecule has 0 radical (unpaired) electrons. The van der Waals surface area contributed by atoms with Crippen LogP contribution in [0.15, 0.2) is 39.7 Å². The number of nitrogens with zero attached hydrogens (tertiary/aromatic N) is 1. The number of benzene rings is 1. The van der Waals surface area contributed by atoms with Crippen LogP contribution in [0.2, 0.25) is 0 Å². The maximum Gasteiger partial charge on any atom is 0.335 e. The Morgan fingerprint density at radius 3 is 2.68 bits per heavy atom. The molecule has 2 amide bonds. The standard InChI is InChI=1S/C19H15NO7S/c1-10-12(4-3-5-13(10)18(23)24)14-7-6-11(27-14)8-15-17(22)20(19(25)28-15)9-16(21)26-2/h3-8H,9H2,1-2H3,(H,23,24). The van der Waals surface area contributed by atoms with Gasteiger partial charge in [-0.05, 0) is 42.4 Å². The number of hydrogen-bond acceptors (Lipinski definition) is 7. The molecule has 0 bridgehead atoms. The second-order valence-electron chi connectivity index (χ2n) is 5.83. The summed E-state index contributed by atoms with van der Waals surface area (Å²) in [5.41, 5.74) is 1.33. The highest BCUT2D eigenvalue weighted by atomic mass is 32.2. The van der Waals surface area contributed by atoms with Crippen LogP contribution in [0.5, 0.6) is 0 Å². The summed E-state index contributed by atoms with van der Waals surface area (Å²) in [6.07, 6.45) is 1.40. The lowest BCUT2D eigenvalue weighted by Gasteiger charge is -2.09. The molecule has 0 spiro atoms. The topological polar surface area (TPSA) is 114 Å². The second kappa shape index (κ2) is 7.73. The molecule has 28 heavy (non-hydrogen) atoms. The molecule has 1 aromatic heterocycles. The summed E-state index contributed by atoms with van der Waals surface area (Å²) in [5.74, 6) is -1.59. The van der Waals surface area contributed by atoms with Gasteiger partial charge >= 0.3 is 11.9 Å². The Bertz CT molecular complexity index is 1020. The van der Waals surface area contributed by atoms with Gasteiger partial charge in [0.05, 0.1) is 17.6 Å². The van der Waals surface area contributed by atoms with Gasteiger partial charge in [0.15, 0.2) is 0 Å². The number of esters is 1. The minimum Gasteiger partial charge on any atom is -0.478 e. The van der Waals surface area contributed by atoms with Crippen molar-refractivity contribution >= 4 is 40.9 Å². The van der Waals surface area contributed by atoms with Crippen molar-refractivity contribution in [1.29, 1.82) is 0 Å². The lowest BCUT2D eigenvalue weighted by Crippen LogP contribution is -2.34. The van der Waals surface area contributed by atoms with Gasteiger partial charge in [0, 0.05) is 11.6 Å². The Labute approximate surface area is 163 Å². The minimum absolute atomic E-state index is 0.116. The smallest absolute Gasteiger partial charge is 0.335 e. The summed E-state index contributed by atoms with van der Waals surface area (Å²) in [6, 6.07) is 8.11. The van der Waals surface area contributed by atoms with E-state index in [9.17, 15) is 24.3 Å². The van der Waals surface area contributed by atoms with Gasteiger partial charge in [-0.25, -0.2) is 4.79 Å². The normalized spacial score (nSPS) is 15.4. The molecule has 1 fully saturated rings. The fourth-order valence-electron chi connectivity index (χ4n) is 2.67. The van der Waals surface area contributed by atoms with Crippen LogP contribution in [0, 0.1) is 6.92 Å². The summed E-state index contributed by atoms with van der Waals surface area (Å²) >= 11 is 0.697. The molecular weight excluding hydrogens is 386 g/mol. The number of thioether (sulfide) groups is 1. The van der Waals surface area contributed by atoms with E-state index in [2.05, 4.69) is 4.74 Å². The molecule has 1 N–H and O–H groups in total. The first-order chi connectivity index (χ1) is 13.3. The SMILES string of the molecule is COC(=O)CN1C(=O)SC(=Cc2ccc(-c3cccc(C(=O)O)c3C)o2)C1=O. The zero-order valence-electron chi connectivity index (χ0n) is 14.9. The van der Waals surface area contributed by atoms with Crippen molar-refractivity contribution in [3.05, 3.63) is 52.1 Å². The number of hydrogen-bond donors (Lipinski definition) is 1. The molecule has 0 atom stereocenters. The number of carbonyl (C=O) groups excluding carboxylic acids is 3. The van der Waals surface area contributed by atoms with E-state index in [0.717, 1.165) is 4.90 Å². The number of methoxy groups -OCH3 is 1. The van der Waals surface area contributed by atoms with E-state index in [1.807, 2.05) is 0 Å². The van der Waals surface area contributed by atoms with Crippen LogP contribution in [-0.4, -0.2) is 46.7 Å². The van der Waals surface area contributed by atoms with Gasteiger partial charge in [0.25, 0.3) is 11.1 Å². The molecule has 1 aliphatic rings. The van der Waals surface area contributed by atoms with Crippen molar-refractivity contribution in [2.45, 2.75) is 6.92 Å². The first-order valence-electron chi connectivity index (χ1n) is 8.07. The number of amides is 2. The zero-order chi connectivity index (χ0) is 20.4. The molecule has 144 valence electrons. The van der Waals surface area contributed by atoms with Crippen LogP contribution in [-0.2, 0) is 14.3 Å². The van der Waals surface area contributed by atoms with E-state index in [0.29, 0.717) is 34.4 Å². The average Bonchev–Trinajstić information content (AvgIpc) is 3.22. The first kappa shape index (κ1) is 19.4. The fourth-order valence-corrected chi connectivity index (χ4v) is 3.49. The molecule has 3 rings (SSSR count). The van der Waals surface area contributed by atoms with Gasteiger partial charge in [-0.15, -0.1) is 0 Å². The lowest BCUT2D eigenvalue weighted by molar-refractivity contribution is -0.143. The monoisotopic (exact) mass is 401 g/mol. The molecule has 1 aromatic carbocycles. The highest BCUT2D eigenvalue weighted by Gasteiger charge is 2.36. The molecule has 9 heteroatoms. The molecule has 2 aromatic rings. The Balaban J connectivity index is 1.87. The molecule has 1 aliphatic heterocycles. The van der Waals surface area contributed by atoms with E-state index >= 15 is 0 Å². The third-order valence-corrected chi connectivity index (χ3v) is 5.03. The van der Waals surface area contributed by atoms with Crippen molar-refractivity contribution in [2.24, 2.45) is 0 Å². The molecule has 0 aliphatic carbocycles. The van der Waals surface area contributed by atoms with Crippen LogP contribution in [0.3, 0.4) is 0 Å². The van der Waals surface area contributed by atoms with Crippen molar-refractivity contribution in [1.82, 2.24) is 4.90 Å². The van der Waals surface area contributed by atoms with E-state index < -0.39 is 29.6 Å². The maximum absolute atomic E-state index is 12.3. The molecule has 0 saturated carbocycles. The van der Waals surface area contributed by atoms with Crippen molar-refractivity contribution < 1.29 is 33.4 Å². The summed E-state index contributed by atoms with van der Waals surface area (Å²) in [5, 5.41) is 8.67. The highest BCUT2D eigenvalue weighted by molar-refractivity contribution is 8.18. The van der Waals surface area contributed by atoms with Gasteiger partial charge < -0.3 is 14.3 Å². The van der Waals surface area contributed by atoms with Gasteiger partial charge in [-0.2, -0.15) is 0 Å². The lowest BCUT2D eigenvalue weighted by atomic mass is 10.0. The van der Waals surface area contributed by atoms with Crippen LogP contribution in [0.4, 0.5) is 4.79 Å². The van der Waals surface area contributed by atoms with Gasteiger partial charge in [-0.3, -0.25) is 19.3 Å². The van der Waals surface area contributed by atoms with Crippen LogP contribution < -0.4 is 0 Å². The quantitative estimate of drug-likeness (QED) is 0.600. The van der Waals surface area contributed by atoms with Crippen molar-refractivity contribution in [3.8, 4) is 11.3 Å². The third kappa shape index (κ3) is 3.70. The Morgan fingerprint density at radius 2 is 2.00 bits per heavy atom. The van der Waals surface area contributed by atoms with Crippen molar-refractivity contribution in [2.75, 3.05) is 13.7 Å². The second-order valence-corrected chi connectivity index (χ2v) is 6.82. The van der Waals surface area contributed by atoms with Gasteiger partial charge in [-0.1, -0.05) is 12.1 Å². The van der Waals surface area contributed by atoms with E-state index in [1.54, 1.807) is 31.2 Å². The maximum atomic E-state index is 12.3. The predicted octanol–water partition coefficient (Wildman–Crippen LogP) is 3.16. The van der Waals surface area contributed by atoms with Gasteiger partial charge in [0.2, 0.25) is 0 Å². The van der Waals surface area contributed by atoms with E-state index in [4.69, 9.17) is 4.42 Å². The molecule has 8 nitrogen and oxygen atoms in total. The number of imide groups is 1. The molecule has 1 saturated heterocycles. The summed E-state index contributed by atoms with van der Waals surface area (Å²) in [4.78, 5) is 47.8. The highest BCUT2D eigenvalue weighted by Crippen LogP contribution is 2.34. The molecular formula is C19H15NO7S. The Morgan fingerprint density at radius 1 is 1.25 bits per heavy atom. The summed E-state index contributed by atoms with van der Waals surface area (Å²) in [6.45, 7) is 1.22. The van der Waals surface area contributed by atoms with E-state index in [1.165, 1.54) is 19.3 Å². The predicted molar refractivity (Wildman–Crippen MR) is 101 cm³/mol. The largest absolute Gasteiger partial charge is 0.478 e. The zero-order valence-corrected chi connectivity index (χ0v) is 15.7. The minimum atomic E-state index is -1.04. The van der Waals surface area contributed by atoms with Crippen molar-refractivity contribution in [3.63, 3.8) is 0 Å². The van der Waals surface area contributed by atoms with Crippen LogP contribution >= 0.6 is 11.8 Å². The number of aromatic carboxylic acids is 1. The summed E-state index contributed by atoms with van der Waals surface area (Å²) < 4.78 is 10.2. The fraction of sp³-hybridized carbons (Fsp3) is 0.158. The number of carboxylic acids is 1. The number of ether oxygens (including phenoxy) is 1. The van der Waals surface area contributed by atoms with Crippen LogP contribution in [0.1, 0.15) is 21.7 Å². The number of furan rings is 1. The molecule has 0 unspecified atom stereocenters. The summed E-state index contributed by atoms with van der Waals surface area (Å²) in [7, 11) is 1.17. The number of rotatable bonds is 5. The Kier molecular flexibility index (Phi) is 5.36. The van der Waals surface area contributed by atoms with Crippen LogP contribution in [0.25, 0.3) is 17.4 Å². The average molecular weight is 401 g/mol. The first-order valence-corrected chi connectivity index (χ1v) is 8.88. The third-order valence-electron chi connectivity index (χ3n) is 4.12. The van der Waals surface area contributed by atoms with Gasteiger partial charge in [0.1, 0.15) is 18.1 Å². The molecule has 2 heterocycles.